The fraction of sp³-hybridized carbons (Fsp3) is 0.333. The molecule has 2 aromatic rings. The van der Waals surface area contributed by atoms with Crippen molar-refractivity contribution in [1.82, 2.24) is 9.97 Å². The molecule has 4 nitrogen and oxygen atoms in total. The van der Waals surface area contributed by atoms with E-state index in [0.717, 1.165) is 11.4 Å². The maximum absolute atomic E-state index is 4.24. The van der Waals surface area contributed by atoms with Crippen LogP contribution in [0.5, 0.6) is 0 Å². The maximum Gasteiger partial charge on any atom is 0.0777 e. The number of hydrogen-bond acceptors (Lipinski definition) is 4. The van der Waals surface area contributed by atoms with Crippen LogP contribution in [0.25, 0.3) is 0 Å². The maximum atomic E-state index is 4.24. The Bertz CT molecular complexity index is 503. The zero-order valence-corrected chi connectivity index (χ0v) is 10.9. The minimum absolute atomic E-state index is 0.705. The second kappa shape index (κ2) is 5.69. The van der Waals surface area contributed by atoms with Crippen LogP contribution in [0, 0.1) is 0 Å². The average molecular weight is 254 g/mol. The highest BCUT2D eigenvalue weighted by molar-refractivity contribution is 5.55. The van der Waals surface area contributed by atoms with Gasteiger partial charge in [0.2, 0.25) is 0 Å². The molecule has 0 spiro atoms. The van der Waals surface area contributed by atoms with Gasteiger partial charge in [-0.3, -0.25) is 9.97 Å². The highest BCUT2D eigenvalue weighted by Crippen LogP contribution is 2.22. The molecule has 3 rings (SSSR count). The van der Waals surface area contributed by atoms with Gasteiger partial charge in [0.05, 0.1) is 18.4 Å². The van der Waals surface area contributed by atoms with Gasteiger partial charge >= 0.3 is 0 Å². The number of anilines is 2. The van der Waals surface area contributed by atoms with E-state index in [9.17, 15) is 0 Å². The fourth-order valence-electron chi connectivity index (χ4n) is 2.38. The summed E-state index contributed by atoms with van der Waals surface area (Å²) in [5.41, 5.74) is 3.39. The molecule has 0 bridgehead atoms. The summed E-state index contributed by atoms with van der Waals surface area (Å²) in [6, 6.07) is 8.63. The Hall–Kier alpha value is -2.10. The molecule has 0 aliphatic carbocycles. The van der Waals surface area contributed by atoms with Crippen molar-refractivity contribution in [2.24, 2.45) is 0 Å². The van der Waals surface area contributed by atoms with Gasteiger partial charge in [-0.2, -0.15) is 0 Å². The average Bonchev–Trinajstić information content (AvgIpc) is 3.01. The van der Waals surface area contributed by atoms with Crippen molar-refractivity contribution < 1.29 is 0 Å². The van der Waals surface area contributed by atoms with Crippen molar-refractivity contribution in [3.05, 3.63) is 48.5 Å². The first-order valence-electron chi connectivity index (χ1n) is 6.75. The van der Waals surface area contributed by atoms with Gasteiger partial charge in [-0.25, -0.2) is 0 Å². The lowest BCUT2D eigenvalue weighted by Gasteiger charge is -2.17. The lowest BCUT2D eigenvalue weighted by molar-refractivity contribution is 0.949. The van der Waals surface area contributed by atoms with Crippen LogP contribution in [0.3, 0.4) is 0 Å². The molecular formula is C15H18N4. The first-order valence-corrected chi connectivity index (χ1v) is 6.75. The molecule has 1 aromatic carbocycles. The molecule has 1 fully saturated rings. The predicted molar refractivity (Wildman–Crippen MR) is 77.2 cm³/mol. The van der Waals surface area contributed by atoms with Crippen molar-refractivity contribution in [2.45, 2.75) is 19.4 Å². The van der Waals surface area contributed by atoms with Crippen LogP contribution in [0.15, 0.2) is 42.9 Å². The van der Waals surface area contributed by atoms with Crippen LogP contribution in [0.4, 0.5) is 11.4 Å². The van der Waals surface area contributed by atoms with E-state index < -0.39 is 0 Å². The molecule has 0 amide bonds. The largest absolute Gasteiger partial charge is 0.379 e. The smallest absolute Gasteiger partial charge is 0.0777 e. The van der Waals surface area contributed by atoms with E-state index in [-0.39, 0.29) is 0 Å². The molecule has 1 aliphatic heterocycles. The Labute approximate surface area is 113 Å². The van der Waals surface area contributed by atoms with Gasteiger partial charge < -0.3 is 10.2 Å². The zero-order valence-electron chi connectivity index (χ0n) is 10.9. The van der Waals surface area contributed by atoms with E-state index in [4.69, 9.17) is 0 Å². The molecule has 1 aromatic heterocycles. The van der Waals surface area contributed by atoms with E-state index in [1.165, 1.54) is 31.6 Å². The van der Waals surface area contributed by atoms with Crippen LogP contribution in [-0.4, -0.2) is 23.1 Å². The van der Waals surface area contributed by atoms with Crippen LogP contribution >= 0.6 is 0 Å². The second-order valence-corrected chi connectivity index (χ2v) is 4.79. The summed E-state index contributed by atoms with van der Waals surface area (Å²) < 4.78 is 0. The molecule has 4 heteroatoms. The molecule has 0 saturated carbocycles. The van der Waals surface area contributed by atoms with Gasteiger partial charge in [0.15, 0.2) is 0 Å². The standard InChI is InChI=1S/C15H18N4/c1-2-10-19(9-1)15-5-3-13(4-6-15)18-12-14-11-16-7-8-17-14/h3-8,11,18H,1-2,9-10,12H2. The number of rotatable bonds is 4. The number of benzene rings is 1. The monoisotopic (exact) mass is 254 g/mol. The quantitative estimate of drug-likeness (QED) is 0.910. The number of hydrogen-bond donors (Lipinski definition) is 1. The Morgan fingerprint density at radius 2 is 1.84 bits per heavy atom. The van der Waals surface area contributed by atoms with Gasteiger partial charge in [-0.1, -0.05) is 0 Å². The highest BCUT2D eigenvalue weighted by Gasteiger charge is 2.11. The summed E-state index contributed by atoms with van der Waals surface area (Å²) in [6.45, 7) is 3.08. The summed E-state index contributed by atoms with van der Waals surface area (Å²) in [6.07, 6.45) is 7.81. The SMILES string of the molecule is c1cnc(CNc2ccc(N3CCCC3)cc2)cn1. The van der Waals surface area contributed by atoms with Crippen LogP contribution in [0.1, 0.15) is 18.5 Å². The fourth-order valence-corrected chi connectivity index (χ4v) is 2.38. The summed E-state index contributed by atoms with van der Waals surface area (Å²) in [7, 11) is 0. The van der Waals surface area contributed by atoms with E-state index in [1.54, 1.807) is 18.6 Å². The minimum atomic E-state index is 0.705. The molecule has 1 aliphatic rings. The number of aromatic nitrogens is 2. The van der Waals surface area contributed by atoms with Gasteiger partial charge in [0, 0.05) is 36.9 Å². The molecule has 2 heterocycles. The summed E-state index contributed by atoms with van der Waals surface area (Å²) in [5.74, 6) is 0. The number of nitrogens with one attached hydrogen (secondary N) is 1. The van der Waals surface area contributed by atoms with E-state index >= 15 is 0 Å². The molecule has 1 saturated heterocycles. The molecule has 0 radical (unpaired) electrons. The number of nitrogens with zero attached hydrogens (tertiary/aromatic N) is 3. The molecule has 1 N–H and O–H groups in total. The van der Waals surface area contributed by atoms with Crippen molar-refractivity contribution >= 4 is 11.4 Å². The van der Waals surface area contributed by atoms with Gasteiger partial charge in [-0.15, -0.1) is 0 Å². The van der Waals surface area contributed by atoms with Crippen molar-refractivity contribution in [2.75, 3.05) is 23.3 Å². The molecule has 0 unspecified atom stereocenters. The first-order chi connectivity index (χ1) is 9.42. The topological polar surface area (TPSA) is 41.1 Å². The van der Waals surface area contributed by atoms with Crippen molar-refractivity contribution in [3.63, 3.8) is 0 Å². The summed E-state index contributed by atoms with van der Waals surface area (Å²) >= 11 is 0. The summed E-state index contributed by atoms with van der Waals surface area (Å²) in [5, 5.41) is 3.36. The van der Waals surface area contributed by atoms with Crippen LogP contribution in [0.2, 0.25) is 0 Å². The van der Waals surface area contributed by atoms with Gasteiger partial charge in [0.1, 0.15) is 0 Å². The first kappa shape index (κ1) is 12.0. The molecule has 19 heavy (non-hydrogen) atoms. The van der Waals surface area contributed by atoms with E-state index in [2.05, 4.69) is 44.5 Å². The third kappa shape index (κ3) is 3.02. The third-order valence-electron chi connectivity index (χ3n) is 3.43. The zero-order chi connectivity index (χ0) is 12.9. The van der Waals surface area contributed by atoms with Crippen LogP contribution in [-0.2, 0) is 6.54 Å². The normalized spacial score (nSPS) is 14.6. The Kier molecular flexibility index (Phi) is 3.58. The van der Waals surface area contributed by atoms with Gasteiger partial charge in [-0.05, 0) is 37.1 Å². The Morgan fingerprint density at radius 1 is 1.05 bits per heavy atom. The van der Waals surface area contributed by atoms with E-state index in [0.29, 0.717) is 6.54 Å². The second-order valence-electron chi connectivity index (χ2n) is 4.79. The molecule has 98 valence electrons. The van der Waals surface area contributed by atoms with Gasteiger partial charge in [0.25, 0.3) is 0 Å². The summed E-state index contributed by atoms with van der Waals surface area (Å²) in [4.78, 5) is 10.7. The Morgan fingerprint density at radius 3 is 2.53 bits per heavy atom. The van der Waals surface area contributed by atoms with Crippen LogP contribution < -0.4 is 10.2 Å². The van der Waals surface area contributed by atoms with Crippen molar-refractivity contribution in [3.8, 4) is 0 Å². The minimum Gasteiger partial charge on any atom is -0.379 e. The lowest BCUT2D eigenvalue weighted by atomic mass is 10.2. The highest BCUT2D eigenvalue weighted by atomic mass is 15.1. The van der Waals surface area contributed by atoms with Crippen molar-refractivity contribution in [1.29, 1.82) is 0 Å². The predicted octanol–water partition coefficient (Wildman–Crippen LogP) is 2.69. The third-order valence-corrected chi connectivity index (χ3v) is 3.43. The molecular weight excluding hydrogens is 236 g/mol. The molecule has 0 atom stereocenters. The lowest BCUT2D eigenvalue weighted by Crippen LogP contribution is -2.17. The Balaban J connectivity index is 1.60. The van der Waals surface area contributed by atoms with E-state index in [1.807, 2.05) is 0 Å².